The summed E-state index contributed by atoms with van der Waals surface area (Å²) in [4.78, 5) is 22.8. The maximum Gasteiger partial charge on any atom is 0.343 e. The Bertz CT molecular complexity index is 397. The summed E-state index contributed by atoms with van der Waals surface area (Å²) >= 11 is 0. The van der Waals surface area contributed by atoms with Crippen molar-refractivity contribution in [2.75, 3.05) is 13.7 Å². The lowest BCUT2D eigenvalue weighted by molar-refractivity contribution is 0.0598. The molecule has 5 heteroatoms. The molecule has 1 aromatic heterocycles. The zero-order chi connectivity index (χ0) is 11.3. The normalized spacial score (nSPS) is 10.0. The molecule has 82 valence electrons. The molecule has 1 aromatic rings. The minimum absolute atomic E-state index is 0.00882. The molecule has 1 N–H and O–H groups in total. The molecule has 0 fully saturated rings. The van der Waals surface area contributed by atoms with Gasteiger partial charge in [-0.3, -0.25) is 4.79 Å². The highest BCUT2D eigenvalue weighted by Gasteiger charge is 2.11. The first-order chi connectivity index (χ1) is 7.20. The van der Waals surface area contributed by atoms with Crippen LogP contribution in [0.3, 0.4) is 0 Å². The van der Waals surface area contributed by atoms with E-state index in [0.29, 0.717) is 13.0 Å². The quantitative estimate of drug-likeness (QED) is 0.713. The summed E-state index contributed by atoms with van der Waals surface area (Å²) < 4.78 is 5.85. The zero-order valence-corrected chi connectivity index (χ0v) is 8.47. The lowest BCUT2D eigenvalue weighted by Crippen LogP contribution is -2.26. The summed E-state index contributed by atoms with van der Waals surface area (Å²) in [5, 5.41) is 8.64. The maximum atomic E-state index is 11.7. The average Bonchev–Trinajstić information content (AvgIpc) is 2.27. The highest BCUT2D eigenvalue weighted by Crippen LogP contribution is 1.95. The van der Waals surface area contributed by atoms with Gasteiger partial charge >= 0.3 is 5.97 Å². The first kappa shape index (κ1) is 11.5. The number of hydrogen-bond donors (Lipinski definition) is 1. The van der Waals surface area contributed by atoms with Gasteiger partial charge < -0.3 is 14.4 Å². The second kappa shape index (κ2) is 5.31. The molecule has 0 aliphatic rings. The van der Waals surface area contributed by atoms with Gasteiger partial charge in [-0.05, 0) is 18.6 Å². The molecule has 0 atom stereocenters. The molecule has 0 saturated carbocycles. The second-order valence-corrected chi connectivity index (χ2v) is 2.99. The lowest BCUT2D eigenvalue weighted by Gasteiger charge is -2.05. The van der Waals surface area contributed by atoms with Gasteiger partial charge in [-0.2, -0.15) is 0 Å². The maximum absolute atomic E-state index is 11.7. The monoisotopic (exact) mass is 211 g/mol. The van der Waals surface area contributed by atoms with Crippen LogP contribution in [-0.4, -0.2) is 29.4 Å². The molecule has 0 saturated heterocycles. The van der Waals surface area contributed by atoms with Crippen molar-refractivity contribution in [1.82, 2.24) is 4.57 Å². The van der Waals surface area contributed by atoms with Crippen LogP contribution in [0.25, 0.3) is 0 Å². The van der Waals surface area contributed by atoms with Crippen LogP contribution in [-0.2, 0) is 11.3 Å². The number of pyridine rings is 1. The number of hydrogen-bond acceptors (Lipinski definition) is 4. The van der Waals surface area contributed by atoms with E-state index in [9.17, 15) is 9.59 Å². The molecule has 1 heterocycles. The van der Waals surface area contributed by atoms with E-state index < -0.39 is 11.5 Å². The van der Waals surface area contributed by atoms with Crippen molar-refractivity contribution in [3.63, 3.8) is 0 Å². The van der Waals surface area contributed by atoms with Gasteiger partial charge in [-0.1, -0.05) is 0 Å². The molecular formula is C10H13NO4. The SMILES string of the molecule is COC(=O)c1cccn(CCCO)c1=O. The first-order valence-electron chi connectivity index (χ1n) is 4.59. The largest absolute Gasteiger partial charge is 0.465 e. The van der Waals surface area contributed by atoms with E-state index in [4.69, 9.17) is 5.11 Å². The number of aliphatic hydroxyl groups is 1. The van der Waals surface area contributed by atoms with Crippen LogP contribution in [0.2, 0.25) is 0 Å². The Morgan fingerprint density at radius 1 is 1.60 bits per heavy atom. The van der Waals surface area contributed by atoms with E-state index in [1.807, 2.05) is 0 Å². The fourth-order valence-corrected chi connectivity index (χ4v) is 1.22. The number of aliphatic hydroxyl groups excluding tert-OH is 1. The van der Waals surface area contributed by atoms with Gasteiger partial charge in [0, 0.05) is 19.3 Å². The molecule has 0 amide bonds. The number of ether oxygens (including phenoxy) is 1. The molecular weight excluding hydrogens is 198 g/mol. The van der Waals surface area contributed by atoms with Gasteiger partial charge in [0.2, 0.25) is 0 Å². The van der Waals surface area contributed by atoms with Crippen LogP contribution in [0.4, 0.5) is 0 Å². The van der Waals surface area contributed by atoms with Crippen LogP contribution in [0.1, 0.15) is 16.8 Å². The summed E-state index contributed by atoms with van der Waals surface area (Å²) in [6, 6.07) is 3.02. The van der Waals surface area contributed by atoms with Gasteiger partial charge in [-0.15, -0.1) is 0 Å². The number of rotatable bonds is 4. The molecule has 15 heavy (non-hydrogen) atoms. The minimum atomic E-state index is -0.640. The number of aromatic nitrogens is 1. The zero-order valence-electron chi connectivity index (χ0n) is 8.47. The third kappa shape index (κ3) is 2.66. The number of methoxy groups -OCH3 is 1. The fraction of sp³-hybridized carbons (Fsp3) is 0.400. The molecule has 0 unspecified atom stereocenters. The first-order valence-corrected chi connectivity index (χ1v) is 4.59. The van der Waals surface area contributed by atoms with Crippen LogP contribution in [0.15, 0.2) is 23.1 Å². The topological polar surface area (TPSA) is 68.5 Å². The second-order valence-electron chi connectivity index (χ2n) is 2.99. The number of nitrogens with zero attached hydrogens (tertiary/aromatic N) is 1. The number of carbonyl (C=O) groups is 1. The summed E-state index contributed by atoms with van der Waals surface area (Å²) in [6.45, 7) is 0.398. The highest BCUT2D eigenvalue weighted by atomic mass is 16.5. The number of aryl methyl sites for hydroxylation is 1. The van der Waals surface area contributed by atoms with Gasteiger partial charge in [0.1, 0.15) is 5.56 Å². The predicted molar refractivity (Wildman–Crippen MR) is 53.7 cm³/mol. The van der Waals surface area contributed by atoms with Crippen LogP contribution in [0.5, 0.6) is 0 Å². The molecule has 0 bridgehead atoms. The fourth-order valence-electron chi connectivity index (χ4n) is 1.22. The third-order valence-corrected chi connectivity index (χ3v) is 1.98. The Morgan fingerprint density at radius 3 is 2.93 bits per heavy atom. The number of carbonyl (C=O) groups excluding carboxylic acids is 1. The molecule has 0 radical (unpaired) electrons. The summed E-state index contributed by atoms with van der Waals surface area (Å²) in [5.41, 5.74) is -0.379. The van der Waals surface area contributed by atoms with Crippen LogP contribution < -0.4 is 5.56 Å². The third-order valence-electron chi connectivity index (χ3n) is 1.98. The van der Waals surface area contributed by atoms with Gasteiger partial charge in [0.05, 0.1) is 7.11 Å². The van der Waals surface area contributed by atoms with E-state index >= 15 is 0 Å². The standard InChI is InChI=1S/C10H13NO4/c1-15-10(14)8-4-2-5-11(9(8)13)6-3-7-12/h2,4-5,12H,3,6-7H2,1H3. The summed E-state index contributed by atoms with van der Waals surface area (Å²) in [6.07, 6.45) is 2.05. The molecule has 0 spiro atoms. The summed E-state index contributed by atoms with van der Waals surface area (Å²) in [5.74, 6) is -0.640. The van der Waals surface area contributed by atoms with E-state index in [1.54, 1.807) is 12.3 Å². The molecule has 5 nitrogen and oxygen atoms in total. The summed E-state index contributed by atoms with van der Waals surface area (Å²) in [7, 11) is 1.23. The van der Waals surface area contributed by atoms with Gasteiger partial charge in [-0.25, -0.2) is 4.79 Å². The molecule has 0 aliphatic carbocycles. The number of esters is 1. The Morgan fingerprint density at radius 2 is 2.33 bits per heavy atom. The van der Waals surface area contributed by atoms with Crippen LogP contribution in [0, 0.1) is 0 Å². The Kier molecular flexibility index (Phi) is 4.05. The Balaban J connectivity index is 3.01. The van der Waals surface area contributed by atoms with Crippen molar-refractivity contribution in [3.8, 4) is 0 Å². The van der Waals surface area contributed by atoms with Crippen molar-refractivity contribution in [1.29, 1.82) is 0 Å². The van der Waals surface area contributed by atoms with E-state index in [1.165, 1.54) is 17.7 Å². The van der Waals surface area contributed by atoms with Crippen molar-refractivity contribution >= 4 is 5.97 Å². The lowest BCUT2D eigenvalue weighted by atomic mass is 10.2. The average molecular weight is 211 g/mol. The van der Waals surface area contributed by atoms with Crippen molar-refractivity contribution in [2.45, 2.75) is 13.0 Å². The van der Waals surface area contributed by atoms with Gasteiger partial charge in [0.15, 0.2) is 0 Å². The van der Waals surface area contributed by atoms with Crippen LogP contribution >= 0.6 is 0 Å². The molecule has 0 aromatic carbocycles. The van der Waals surface area contributed by atoms with Crippen molar-refractivity contribution in [3.05, 3.63) is 34.2 Å². The molecule has 0 aliphatic heterocycles. The van der Waals surface area contributed by atoms with Crippen molar-refractivity contribution < 1.29 is 14.6 Å². The smallest absolute Gasteiger partial charge is 0.343 e. The Hall–Kier alpha value is -1.62. The van der Waals surface area contributed by atoms with Gasteiger partial charge in [0.25, 0.3) is 5.56 Å². The highest BCUT2D eigenvalue weighted by molar-refractivity contribution is 5.88. The Labute approximate surface area is 86.9 Å². The molecule has 1 rings (SSSR count). The van der Waals surface area contributed by atoms with E-state index in [0.717, 1.165) is 0 Å². The van der Waals surface area contributed by atoms with E-state index in [-0.39, 0.29) is 12.2 Å². The van der Waals surface area contributed by atoms with E-state index in [2.05, 4.69) is 4.74 Å². The predicted octanol–water partition coefficient (Wildman–Crippen LogP) is 0.0173. The van der Waals surface area contributed by atoms with Crippen molar-refractivity contribution in [2.24, 2.45) is 0 Å². The minimum Gasteiger partial charge on any atom is -0.465 e.